The summed E-state index contributed by atoms with van der Waals surface area (Å²) in [6, 6.07) is 22.4. The molecular formula is C24H24N3+. The van der Waals surface area contributed by atoms with E-state index in [1.54, 1.807) is 0 Å². The van der Waals surface area contributed by atoms with Crippen molar-refractivity contribution in [2.24, 2.45) is 0 Å². The molecule has 0 fully saturated rings. The SMILES string of the molecule is CC(C)c1ccc2c(ccc3n4c(ccc5cc(N(C)C)ccc54)c[n+]23)c1. The zero-order valence-corrected chi connectivity index (χ0v) is 16.3. The first kappa shape index (κ1) is 16.1. The first-order valence-electron chi connectivity index (χ1n) is 9.52. The summed E-state index contributed by atoms with van der Waals surface area (Å²) in [7, 11) is 4.16. The Bertz CT molecular complexity index is 1330. The minimum absolute atomic E-state index is 0.540. The molecule has 0 radical (unpaired) electrons. The number of hydrogen-bond acceptors (Lipinski definition) is 1. The van der Waals surface area contributed by atoms with Crippen LogP contribution in [0, 0.1) is 0 Å². The fourth-order valence-electron chi connectivity index (χ4n) is 4.01. The summed E-state index contributed by atoms with van der Waals surface area (Å²) in [5, 5.41) is 2.54. The molecule has 0 saturated carbocycles. The van der Waals surface area contributed by atoms with E-state index in [9.17, 15) is 0 Å². The zero-order chi connectivity index (χ0) is 18.7. The summed E-state index contributed by atoms with van der Waals surface area (Å²) >= 11 is 0. The summed E-state index contributed by atoms with van der Waals surface area (Å²) in [5.41, 5.74) is 7.49. The highest BCUT2D eigenvalue weighted by atomic mass is 15.1. The van der Waals surface area contributed by atoms with Crippen LogP contribution in [0.4, 0.5) is 5.69 Å². The van der Waals surface area contributed by atoms with Gasteiger partial charge in [-0.1, -0.05) is 19.9 Å². The first-order valence-corrected chi connectivity index (χ1v) is 9.52. The minimum Gasteiger partial charge on any atom is -0.378 e. The van der Waals surface area contributed by atoms with Crippen LogP contribution in [-0.2, 0) is 0 Å². The van der Waals surface area contributed by atoms with Crippen LogP contribution in [0.25, 0.3) is 33.0 Å². The zero-order valence-electron chi connectivity index (χ0n) is 16.3. The maximum atomic E-state index is 2.35. The maximum absolute atomic E-state index is 2.35. The summed E-state index contributed by atoms with van der Waals surface area (Å²) in [6.45, 7) is 4.49. The Morgan fingerprint density at radius 1 is 0.852 bits per heavy atom. The second-order valence-corrected chi connectivity index (χ2v) is 7.89. The van der Waals surface area contributed by atoms with Crippen molar-refractivity contribution >= 4 is 38.7 Å². The lowest BCUT2D eigenvalue weighted by atomic mass is 10.0. The molecule has 0 spiro atoms. The Hall–Kier alpha value is -3.07. The summed E-state index contributed by atoms with van der Waals surface area (Å²) in [4.78, 5) is 2.14. The number of hydrogen-bond donors (Lipinski definition) is 0. The number of rotatable bonds is 2. The molecule has 0 aliphatic carbocycles. The fourth-order valence-corrected chi connectivity index (χ4v) is 4.01. The van der Waals surface area contributed by atoms with Gasteiger partial charge in [0.05, 0.1) is 0 Å². The highest BCUT2D eigenvalue weighted by Gasteiger charge is 2.17. The molecule has 0 aliphatic heterocycles. The van der Waals surface area contributed by atoms with E-state index in [1.807, 2.05) is 0 Å². The van der Waals surface area contributed by atoms with Gasteiger partial charge in [-0.05, 0) is 60.0 Å². The largest absolute Gasteiger partial charge is 0.378 e. The number of fused-ring (bicyclic) bond motifs is 7. The van der Waals surface area contributed by atoms with Crippen LogP contribution in [0.5, 0.6) is 0 Å². The fraction of sp³-hybridized carbons (Fsp3) is 0.208. The molecule has 0 unspecified atom stereocenters. The predicted octanol–water partition coefficient (Wildman–Crippen LogP) is 5.17. The third-order valence-electron chi connectivity index (χ3n) is 5.59. The maximum Gasteiger partial charge on any atom is 0.292 e. The molecule has 0 bridgehead atoms. The van der Waals surface area contributed by atoms with E-state index >= 15 is 0 Å². The molecule has 0 saturated heterocycles. The van der Waals surface area contributed by atoms with Crippen molar-refractivity contribution in [3.63, 3.8) is 0 Å². The summed E-state index contributed by atoms with van der Waals surface area (Å²) in [5.74, 6) is 0.540. The van der Waals surface area contributed by atoms with Gasteiger partial charge in [0.15, 0.2) is 5.52 Å². The Morgan fingerprint density at radius 3 is 2.44 bits per heavy atom. The van der Waals surface area contributed by atoms with Crippen LogP contribution >= 0.6 is 0 Å². The Labute approximate surface area is 159 Å². The lowest BCUT2D eigenvalue weighted by Gasteiger charge is -2.12. The van der Waals surface area contributed by atoms with Crippen molar-refractivity contribution < 1.29 is 4.40 Å². The van der Waals surface area contributed by atoms with Gasteiger partial charge in [-0.2, -0.15) is 8.80 Å². The van der Waals surface area contributed by atoms with Gasteiger partial charge in [0.2, 0.25) is 0 Å². The predicted molar refractivity (Wildman–Crippen MR) is 114 cm³/mol. The molecule has 2 aromatic carbocycles. The summed E-state index contributed by atoms with van der Waals surface area (Å²) in [6.07, 6.45) is 2.24. The lowest BCUT2D eigenvalue weighted by molar-refractivity contribution is -0.479. The number of benzene rings is 2. The van der Waals surface area contributed by atoms with Crippen LogP contribution in [0.15, 0.2) is 66.9 Å². The second-order valence-electron chi connectivity index (χ2n) is 7.89. The van der Waals surface area contributed by atoms with Gasteiger partial charge in [0, 0.05) is 36.6 Å². The number of anilines is 1. The highest BCUT2D eigenvalue weighted by molar-refractivity contribution is 5.88. The molecule has 3 nitrogen and oxygen atoms in total. The Balaban J connectivity index is 1.86. The van der Waals surface area contributed by atoms with Crippen molar-refractivity contribution in [2.45, 2.75) is 19.8 Å². The Morgan fingerprint density at radius 2 is 1.67 bits per heavy atom. The second kappa shape index (κ2) is 5.71. The Kier molecular flexibility index (Phi) is 3.41. The third kappa shape index (κ3) is 2.38. The number of pyridine rings is 2. The average molecular weight is 354 g/mol. The molecule has 5 rings (SSSR count). The standard InChI is InChI=1S/C24H24N3/c1-16(2)17-6-10-22-18(13-17)7-12-24-26(22)15-21-8-5-19-14-20(25(3)4)9-11-23(19)27(21)24/h5-16H,1-4H3/q+1. The van der Waals surface area contributed by atoms with Crippen molar-refractivity contribution in [3.05, 3.63) is 72.4 Å². The van der Waals surface area contributed by atoms with Crippen LogP contribution < -0.4 is 9.30 Å². The lowest BCUT2D eigenvalue weighted by Crippen LogP contribution is -2.19. The van der Waals surface area contributed by atoms with Gasteiger partial charge in [0.25, 0.3) is 5.65 Å². The number of aromatic nitrogens is 2. The van der Waals surface area contributed by atoms with Crippen molar-refractivity contribution in [1.82, 2.24) is 4.40 Å². The smallest absolute Gasteiger partial charge is 0.292 e. The normalized spacial score (nSPS) is 12.0. The molecule has 0 atom stereocenters. The van der Waals surface area contributed by atoms with E-state index in [2.05, 4.69) is 109 Å². The van der Waals surface area contributed by atoms with Gasteiger partial charge in [-0.15, -0.1) is 0 Å². The molecule has 3 heteroatoms. The topological polar surface area (TPSA) is 11.8 Å². The van der Waals surface area contributed by atoms with Gasteiger partial charge in [-0.25, -0.2) is 0 Å². The summed E-state index contributed by atoms with van der Waals surface area (Å²) < 4.78 is 4.67. The highest BCUT2D eigenvalue weighted by Crippen LogP contribution is 2.25. The monoisotopic (exact) mass is 354 g/mol. The van der Waals surface area contributed by atoms with Gasteiger partial charge in [0.1, 0.15) is 17.2 Å². The molecule has 27 heavy (non-hydrogen) atoms. The van der Waals surface area contributed by atoms with Gasteiger partial charge < -0.3 is 4.90 Å². The minimum atomic E-state index is 0.540. The third-order valence-corrected chi connectivity index (χ3v) is 5.59. The van der Waals surface area contributed by atoms with Crippen molar-refractivity contribution in [2.75, 3.05) is 19.0 Å². The van der Waals surface area contributed by atoms with Gasteiger partial charge in [-0.3, -0.25) is 0 Å². The van der Waals surface area contributed by atoms with Crippen molar-refractivity contribution in [3.8, 4) is 0 Å². The molecule has 3 aromatic heterocycles. The van der Waals surface area contributed by atoms with Crippen molar-refractivity contribution in [1.29, 1.82) is 0 Å². The van der Waals surface area contributed by atoms with Crippen LogP contribution in [0.3, 0.4) is 0 Å². The molecule has 0 amide bonds. The average Bonchev–Trinajstić information content (AvgIpc) is 3.06. The quantitative estimate of drug-likeness (QED) is 0.398. The van der Waals surface area contributed by atoms with Crippen LogP contribution in [0.1, 0.15) is 25.3 Å². The number of nitrogens with zero attached hydrogens (tertiary/aromatic N) is 3. The first-order chi connectivity index (χ1) is 13.0. The molecule has 0 N–H and O–H groups in total. The molecule has 134 valence electrons. The van der Waals surface area contributed by atoms with E-state index in [4.69, 9.17) is 0 Å². The van der Waals surface area contributed by atoms with Crippen LogP contribution in [0.2, 0.25) is 0 Å². The van der Waals surface area contributed by atoms with E-state index in [-0.39, 0.29) is 0 Å². The van der Waals surface area contributed by atoms with E-state index < -0.39 is 0 Å². The van der Waals surface area contributed by atoms with E-state index in [0.717, 1.165) is 0 Å². The molecular weight excluding hydrogens is 330 g/mol. The van der Waals surface area contributed by atoms with Gasteiger partial charge >= 0.3 is 0 Å². The number of imidazole rings is 1. The molecule has 5 aromatic rings. The molecule has 0 aliphatic rings. The van der Waals surface area contributed by atoms with Crippen LogP contribution in [-0.4, -0.2) is 18.5 Å². The van der Waals surface area contributed by atoms with E-state index in [1.165, 1.54) is 44.2 Å². The van der Waals surface area contributed by atoms with E-state index in [0.29, 0.717) is 5.92 Å². The molecule has 3 heterocycles.